The lowest BCUT2D eigenvalue weighted by Crippen LogP contribution is -2.31. The molecule has 0 saturated heterocycles. The van der Waals surface area contributed by atoms with Gasteiger partial charge in [0.15, 0.2) is 0 Å². The molecular weight excluding hydrogens is 224 g/mol. The van der Waals surface area contributed by atoms with Crippen LogP contribution in [0, 0.1) is 6.92 Å². The van der Waals surface area contributed by atoms with Crippen molar-refractivity contribution < 1.29 is 4.74 Å². The molecule has 0 fully saturated rings. The minimum absolute atomic E-state index is 0.0868. The number of aromatic nitrogens is 1. The molecule has 0 aliphatic carbocycles. The van der Waals surface area contributed by atoms with Gasteiger partial charge < -0.3 is 15.0 Å². The van der Waals surface area contributed by atoms with E-state index in [0.717, 1.165) is 12.3 Å². The Morgan fingerprint density at radius 3 is 2.67 bits per heavy atom. The van der Waals surface area contributed by atoms with Crippen LogP contribution in [0.1, 0.15) is 25.1 Å². The van der Waals surface area contributed by atoms with Gasteiger partial charge in [-0.1, -0.05) is 13.8 Å². The Labute approximate surface area is 109 Å². The minimum Gasteiger partial charge on any atom is -0.497 e. The van der Waals surface area contributed by atoms with Crippen molar-refractivity contribution >= 4 is 10.9 Å². The Hall–Kier alpha value is -1.48. The summed E-state index contributed by atoms with van der Waals surface area (Å²) in [5.74, 6) is 0.906. The summed E-state index contributed by atoms with van der Waals surface area (Å²) in [5, 5.41) is 4.53. The largest absolute Gasteiger partial charge is 0.497 e. The Kier molecular flexibility index (Phi) is 3.35. The van der Waals surface area contributed by atoms with Gasteiger partial charge in [-0.3, -0.25) is 0 Å². The van der Waals surface area contributed by atoms with Crippen LogP contribution in [0.25, 0.3) is 10.9 Å². The van der Waals surface area contributed by atoms with Gasteiger partial charge in [0, 0.05) is 28.6 Å². The van der Waals surface area contributed by atoms with E-state index >= 15 is 0 Å². The number of aryl methyl sites for hydroxylation is 1. The zero-order valence-electron chi connectivity index (χ0n) is 11.8. The normalized spacial score (nSPS) is 12.1. The van der Waals surface area contributed by atoms with E-state index in [4.69, 9.17) is 4.74 Å². The maximum absolute atomic E-state index is 5.33. The molecule has 0 aliphatic rings. The maximum Gasteiger partial charge on any atom is 0.119 e. The summed E-state index contributed by atoms with van der Waals surface area (Å²) < 4.78 is 5.33. The average molecular weight is 246 g/mol. The molecule has 18 heavy (non-hydrogen) atoms. The number of H-pyrrole nitrogens is 1. The topological polar surface area (TPSA) is 37.0 Å². The van der Waals surface area contributed by atoms with E-state index < -0.39 is 0 Å². The first-order valence-electron chi connectivity index (χ1n) is 6.31. The lowest BCUT2D eigenvalue weighted by atomic mass is 9.82. The summed E-state index contributed by atoms with van der Waals surface area (Å²) in [6, 6.07) is 6.19. The molecule has 3 nitrogen and oxygen atoms in total. The molecule has 3 heteroatoms. The molecule has 0 amide bonds. The van der Waals surface area contributed by atoms with Crippen molar-refractivity contribution in [1.29, 1.82) is 0 Å². The van der Waals surface area contributed by atoms with E-state index in [0.29, 0.717) is 0 Å². The predicted molar refractivity (Wildman–Crippen MR) is 76.5 cm³/mol. The quantitative estimate of drug-likeness (QED) is 0.870. The summed E-state index contributed by atoms with van der Waals surface area (Å²) in [6.45, 7) is 7.61. The number of methoxy groups -OCH3 is 1. The Morgan fingerprint density at radius 2 is 2.06 bits per heavy atom. The number of likely N-dealkylation sites (N-methyl/N-ethyl adjacent to an activating group) is 1. The number of hydrogen-bond donors (Lipinski definition) is 2. The molecule has 2 aromatic rings. The van der Waals surface area contributed by atoms with Gasteiger partial charge >= 0.3 is 0 Å². The van der Waals surface area contributed by atoms with E-state index in [9.17, 15) is 0 Å². The van der Waals surface area contributed by atoms with Crippen LogP contribution in [-0.2, 0) is 5.41 Å². The summed E-state index contributed by atoms with van der Waals surface area (Å²) in [7, 11) is 3.70. The van der Waals surface area contributed by atoms with Crippen molar-refractivity contribution in [3.05, 3.63) is 29.5 Å². The summed E-state index contributed by atoms with van der Waals surface area (Å²) in [4.78, 5) is 3.46. The molecule has 2 N–H and O–H groups in total. The van der Waals surface area contributed by atoms with Gasteiger partial charge in [0.1, 0.15) is 5.75 Å². The standard InChI is InChI=1S/C15H22N2O/c1-10-14(15(2,3)9-16-4)12-8-11(18-5)6-7-13(12)17-10/h6-8,16-17H,9H2,1-5H3. The van der Waals surface area contributed by atoms with Gasteiger partial charge in [0.25, 0.3) is 0 Å². The molecule has 0 spiro atoms. The van der Waals surface area contributed by atoms with Crippen LogP contribution in [0.4, 0.5) is 0 Å². The molecule has 1 aromatic heterocycles. The molecule has 98 valence electrons. The molecule has 0 saturated carbocycles. The second kappa shape index (κ2) is 4.65. The molecular formula is C15H22N2O. The fourth-order valence-corrected chi connectivity index (χ4v) is 2.84. The van der Waals surface area contributed by atoms with Gasteiger partial charge in [-0.15, -0.1) is 0 Å². The Balaban J connectivity index is 2.64. The summed E-state index contributed by atoms with van der Waals surface area (Å²) >= 11 is 0. The molecule has 0 bridgehead atoms. The molecule has 2 rings (SSSR count). The highest BCUT2D eigenvalue weighted by atomic mass is 16.5. The zero-order valence-corrected chi connectivity index (χ0v) is 11.8. The molecule has 1 heterocycles. The third-order valence-electron chi connectivity index (χ3n) is 3.49. The lowest BCUT2D eigenvalue weighted by molar-refractivity contribution is 0.415. The number of fused-ring (bicyclic) bond motifs is 1. The van der Waals surface area contributed by atoms with Crippen LogP contribution in [0.5, 0.6) is 5.75 Å². The van der Waals surface area contributed by atoms with Crippen molar-refractivity contribution in [3.8, 4) is 5.75 Å². The van der Waals surface area contributed by atoms with Crippen molar-refractivity contribution in [3.63, 3.8) is 0 Å². The Bertz CT molecular complexity index is 555. The monoisotopic (exact) mass is 246 g/mol. The molecule has 1 aromatic carbocycles. The first-order valence-corrected chi connectivity index (χ1v) is 6.31. The van der Waals surface area contributed by atoms with Crippen LogP contribution < -0.4 is 10.1 Å². The molecule has 0 unspecified atom stereocenters. The number of hydrogen-bond acceptors (Lipinski definition) is 2. The van der Waals surface area contributed by atoms with Gasteiger partial charge in [-0.05, 0) is 37.7 Å². The van der Waals surface area contributed by atoms with Crippen molar-refractivity contribution in [2.45, 2.75) is 26.2 Å². The van der Waals surface area contributed by atoms with Gasteiger partial charge in [-0.25, -0.2) is 0 Å². The van der Waals surface area contributed by atoms with Crippen LogP contribution in [0.15, 0.2) is 18.2 Å². The first-order chi connectivity index (χ1) is 8.49. The smallest absolute Gasteiger partial charge is 0.119 e. The van der Waals surface area contributed by atoms with Crippen LogP contribution in [0.3, 0.4) is 0 Å². The van der Waals surface area contributed by atoms with Crippen molar-refractivity contribution in [1.82, 2.24) is 10.3 Å². The third kappa shape index (κ3) is 2.10. The van der Waals surface area contributed by atoms with Gasteiger partial charge in [-0.2, -0.15) is 0 Å². The molecule has 0 aliphatic heterocycles. The van der Waals surface area contributed by atoms with Crippen LogP contribution in [0.2, 0.25) is 0 Å². The third-order valence-corrected chi connectivity index (χ3v) is 3.49. The van der Waals surface area contributed by atoms with E-state index in [-0.39, 0.29) is 5.41 Å². The second-order valence-electron chi connectivity index (χ2n) is 5.45. The fraction of sp³-hybridized carbons (Fsp3) is 0.467. The first kappa shape index (κ1) is 13.0. The summed E-state index contributed by atoms with van der Waals surface area (Å²) in [5.41, 5.74) is 3.86. The molecule has 0 atom stereocenters. The Morgan fingerprint density at radius 1 is 1.33 bits per heavy atom. The summed E-state index contributed by atoms with van der Waals surface area (Å²) in [6.07, 6.45) is 0. The number of ether oxygens (including phenoxy) is 1. The SMILES string of the molecule is CNCC(C)(C)c1c(C)[nH]c2ccc(OC)cc12. The number of rotatable bonds is 4. The highest BCUT2D eigenvalue weighted by Crippen LogP contribution is 2.34. The van der Waals surface area contributed by atoms with E-state index in [1.165, 1.54) is 22.2 Å². The zero-order chi connectivity index (χ0) is 13.3. The number of nitrogens with one attached hydrogen (secondary N) is 2. The van der Waals surface area contributed by atoms with Crippen LogP contribution in [-0.4, -0.2) is 25.7 Å². The van der Waals surface area contributed by atoms with Gasteiger partial charge in [0.05, 0.1) is 7.11 Å². The number of benzene rings is 1. The van der Waals surface area contributed by atoms with Crippen molar-refractivity contribution in [2.24, 2.45) is 0 Å². The predicted octanol–water partition coefficient (Wildman–Crippen LogP) is 2.98. The minimum atomic E-state index is 0.0868. The van der Waals surface area contributed by atoms with Gasteiger partial charge in [0.2, 0.25) is 0 Å². The van der Waals surface area contributed by atoms with Crippen LogP contribution >= 0.6 is 0 Å². The van der Waals surface area contributed by atoms with E-state index in [2.05, 4.69) is 43.2 Å². The molecule has 0 radical (unpaired) electrons. The second-order valence-corrected chi connectivity index (χ2v) is 5.45. The number of aromatic amines is 1. The van der Waals surface area contributed by atoms with E-state index in [1.807, 2.05) is 13.1 Å². The maximum atomic E-state index is 5.33. The van der Waals surface area contributed by atoms with Crippen molar-refractivity contribution in [2.75, 3.05) is 20.7 Å². The highest BCUT2D eigenvalue weighted by molar-refractivity contribution is 5.87. The average Bonchev–Trinajstić information content (AvgIpc) is 2.64. The van der Waals surface area contributed by atoms with E-state index in [1.54, 1.807) is 7.11 Å². The lowest BCUT2D eigenvalue weighted by Gasteiger charge is -2.25. The fourth-order valence-electron chi connectivity index (χ4n) is 2.84. The highest BCUT2D eigenvalue weighted by Gasteiger charge is 2.25.